The lowest BCUT2D eigenvalue weighted by Gasteiger charge is -2.28. The van der Waals surface area contributed by atoms with Crippen molar-refractivity contribution in [2.45, 2.75) is 25.3 Å². The van der Waals surface area contributed by atoms with E-state index < -0.39 is 19.0 Å². The first-order chi connectivity index (χ1) is 13.3. The standard InChI is InChI=1S/C16H21BN6O5/c1-22(2)6-7-23-13(19-20-21-23)9-14(24)18-12-8-10-4-3-5-11(16(25)26)15(10)28-17(12)27/h3-5,12,27H,6-9H2,1-2H3,(H,18,24)(H,25,26)/t12-/m0/s1. The molecular weight excluding hydrogens is 367 g/mol. The van der Waals surface area contributed by atoms with Gasteiger partial charge in [0, 0.05) is 6.54 Å². The quantitative estimate of drug-likeness (QED) is 0.489. The molecule has 3 N–H and O–H groups in total. The number of carboxylic acids is 1. The molecule has 1 amide bonds. The van der Waals surface area contributed by atoms with Crippen molar-refractivity contribution in [3.63, 3.8) is 0 Å². The molecule has 28 heavy (non-hydrogen) atoms. The number of hydrogen-bond donors (Lipinski definition) is 3. The molecule has 12 heteroatoms. The lowest BCUT2D eigenvalue weighted by atomic mass is 9.72. The average Bonchev–Trinajstić information content (AvgIpc) is 3.06. The summed E-state index contributed by atoms with van der Waals surface area (Å²) >= 11 is 0. The molecule has 0 saturated heterocycles. The van der Waals surface area contributed by atoms with Gasteiger partial charge in [0.05, 0.1) is 24.5 Å². The Morgan fingerprint density at radius 1 is 1.43 bits per heavy atom. The number of aromatic carboxylic acids is 1. The third kappa shape index (κ3) is 4.46. The number of carbonyl (C=O) groups excluding carboxylic acids is 1. The number of amides is 1. The molecule has 0 radical (unpaired) electrons. The Kier molecular flexibility index (Phi) is 5.90. The van der Waals surface area contributed by atoms with Gasteiger partial charge >= 0.3 is 13.1 Å². The Morgan fingerprint density at radius 2 is 2.21 bits per heavy atom. The Balaban J connectivity index is 1.65. The number of carboxylic acid groups (broad SMARTS) is 1. The number of aromatic nitrogens is 4. The molecule has 1 aliphatic rings. The van der Waals surface area contributed by atoms with Crippen LogP contribution in [-0.2, 0) is 24.2 Å². The second-order valence-corrected chi connectivity index (χ2v) is 6.78. The molecule has 0 saturated carbocycles. The highest BCUT2D eigenvalue weighted by atomic mass is 16.5. The number of fused-ring (bicyclic) bond motifs is 1. The lowest BCUT2D eigenvalue weighted by Crippen LogP contribution is -2.53. The van der Waals surface area contributed by atoms with Gasteiger partial charge in [-0.1, -0.05) is 12.1 Å². The summed E-state index contributed by atoms with van der Waals surface area (Å²) in [7, 11) is 2.49. The molecule has 148 valence electrons. The van der Waals surface area contributed by atoms with E-state index in [0.717, 1.165) is 6.54 Å². The van der Waals surface area contributed by atoms with Crippen molar-refractivity contribution in [1.82, 2.24) is 30.4 Å². The Bertz CT molecular complexity index is 873. The zero-order valence-electron chi connectivity index (χ0n) is 15.6. The number of benzene rings is 1. The van der Waals surface area contributed by atoms with E-state index in [1.807, 2.05) is 19.0 Å². The van der Waals surface area contributed by atoms with E-state index in [2.05, 4.69) is 20.8 Å². The summed E-state index contributed by atoms with van der Waals surface area (Å²) in [4.78, 5) is 25.7. The average molecular weight is 388 g/mol. The largest absolute Gasteiger partial charge is 0.547 e. The van der Waals surface area contributed by atoms with Gasteiger partial charge < -0.3 is 25.0 Å². The molecule has 1 aromatic carbocycles. The highest BCUT2D eigenvalue weighted by Crippen LogP contribution is 2.30. The second-order valence-electron chi connectivity index (χ2n) is 6.78. The van der Waals surface area contributed by atoms with E-state index in [1.54, 1.807) is 16.8 Å². The number of tetrazole rings is 1. The van der Waals surface area contributed by atoms with Gasteiger partial charge in [-0.3, -0.25) is 4.79 Å². The number of likely N-dealkylation sites (N-methyl/N-ethyl adjacent to an activating group) is 1. The summed E-state index contributed by atoms with van der Waals surface area (Å²) in [6.07, 6.45) is 0.195. The van der Waals surface area contributed by atoms with Crippen LogP contribution in [0, 0.1) is 0 Å². The highest BCUT2D eigenvalue weighted by molar-refractivity contribution is 6.47. The molecule has 0 unspecified atom stereocenters. The van der Waals surface area contributed by atoms with Crippen LogP contribution in [0.4, 0.5) is 0 Å². The summed E-state index contributed by atoms with van der Waals surface area (Å²) in [5, 5.41) is 33.5. The summed E-state index contributed by atoms with van der Waals surface area (Å²) < 4.78 is 6.93. The minimum atomic E-state index is -1.36. The topological polar surface area (TPSA) is 143 Å². The fourth-order valence-electron chi connectivity index (χ4n) is 2.94. The first kappa shape index (κ1) is 19.8. The van der Waals surface area contributed by atoms with E-state index in [1.165, 1.54) is 6.07 Å². The summed E-state index contributed by atoms with van der Waals surface area (Å²) in [5.74, 6) is -1.68. The highest BCUT2D eigenvalue weighted by Gasteiger charge is 2.37. The van der Waals surface area contributed by atoms with Gasteiger partial charge in [0.1, 0.15) is 5.75 Å². The Morgan fingerprint density at radius 3 is 2.93 bits per heavy atom. The third-order valence-corrected chi connectivity index (χ3v) is 4.38. The third-order valence-electron chi connectivity index (χ3n) is 4.38. The van der Waals surface area contributed by atoms with Crippen LogP contribution >= 0.6 is 0 Å². The molecule has 0 bridgehead atoms. The number of para-hydroxylation sites is 1. The van der Waals surface area contributed by atoms with E-state index in [9.17, 15) is 19.7 Å². The second kappa shape index (κ2) is 8.36. The van der Waals surface area contributed by atoms with E-state index in [4.69, 9.17) is 4.65 Å². The van der Waals surface area contributed by atoms with Crippen molar-refractivity contribution in [1.29, 1.82) is 0 Å². The maximum atomic E-state index is 12.4. The van der Waals surface area contributed by atoms with Crippen LogP contribution in [0.1, 0.15) is 21.7 Å². The molecule has 1 aromatic heterocycles. The van der Waals surface area contributed by atoms with Gasteiger partial charge in [0.2, 0.25) is 5.91 Å². The van der Waals surface area contributed by atoms with Crippen molar-refractivity contribution in [3.8, 4) is 5.75 Å². The predicted octanol–water partition coefficient (Wildman–Crippen LogP) is -1.38. The van der Waals surface area contributed by atoms with Crippen molar-refractivity contribution in [3.05, 3.63) is 35.2 Å². The van der Waals surface area contributed by atoms with Crippen molar-refractivity contribution < 1.29 is 24.4 Å². The van der Waals surface area contributed by atoms with E-state index >= 15 is 0 Å². The molecule has 11 nitrogen and oxygen atoms in total. The smallest absolute Gasteiger partial charge is 0.534 e. The van der Waals surface area contributed by atoms with Gasteiger partial charge in [0.25, 0.3) is 0 Å². The molecule has 0 fully saturated rings. The Labute approximate surface area is 161 Å². The number of rotatable bonds is 7. The van der Waals surface area contributed by atoms with Crippen LogP contribution in [0.25, 0.3) is 0 Å². The van der Waals surface area contributed by atoms with Crippen molar-refractivity contribution in [2.75, 3.05) is 20.6 Å². The lowest BCUT2D eigenvalue weighted by molar-refractivity contribution is -0.121. The number of carbonyl (C=O) groups is 2. The minimum Gasteiger partial charge on any atom is -0.534 e. The van der Waals surface area contributed by atoms with Crippen LogP contribution < -0.4 is 9.97 Å². The van der Waals surface area contributed by atoms with Gasteiger partial charge in [0.15, 0.2) is 5.82 Å². The molecule has 1 atom stereocenters. The van der Waals surface area contributed by atoms with Crippen LogP contribution in [-0.4, -0.2) is 80.8 Å². The number of nitrogens with one attached hydrogen (secondary N) is 1. The SMILES string of the molecule is CN(C)CCn1nnnc1CC(=O)N[C@H]1Cc2cccc(C(=O)O)c2OB1O. The van der Waals surface area contributed by atoms with Crippen LogP contribution in [0.3, 0.4) is 0 Å². The van der Waals surface area contributed by atoms with Crippen LogP contribution in [0.15, 0.2) is 18.2 Å². The summed E-state index contributed by atoms with van der Waals surface area (Å²) in [6.45, 7) is 1.26. The van der Waals surface area contributed by atoms with Crippen molar-refractivity contribution >= 4 is 19.0 Å². The van der Waals surface area contributed by atoms with Gasteiger partial charge in [-0.05, 0) is 42.6 Å². The monoisotopic (exact) mass is 388 g/mol. The van der Waals surface area contributed by atoms with E-state index in [0.29, 0.717) is 17.9 Å². The molecule has 0 aliphatic carbocycles. The fraction of sp³-hybridized carbons (Fsp3) is 0.438. The first-order valence-corrected chi connectivity index (χ1v) is 8.74. The molecule has 0 spiro atoms. The van der Waals surface area contributed by atoms with Crippen molar-refractivity contribution in [2.24, 2.45) is 0 Å². The van der Waals surface area contributed by atoms with Crippen LogP contribution in [0.5, 0.6) is 5.75 Å². The molecule has 2 heterocycles. The molecular formula is C16H21BN6O5. The predicted molar refractivity (Wildman–Crippen MR) is 97.7 cm³/mol. The van der Waals surface area contributed by atoms with Gasteiger partial charge in [-0.15, -0.1) is 5.10 Å². The van der Waals surface area contributed by atoms with E-state index in [-0.39, 0.29) is 30.1 Å². The molecule has 1 aliphatic heterocycles. The fourth-order valence-corrected chi connectivity index (χ4v) is 2.94. The molecule has 2 aromatic rings. The number of hydrogen-bond acceptors (Lipinski definition) is 8. The summed E-state index contributed by atoms with van der Waals surface area (Å²) in [5.41, 5.74) is 0.577. The van der Waals surface area contributed by atoms with Crippen LogP contribution in [0.2, 0.25) is 0 Å². The zero-order valence-corrected chi connectivity index (χ0v) is 15.6. The minimum absolute atomic E-state index is 0.0265. The first-order valence-electron chi connectivity index (χ1n) is 8.74. The Hall–Kier alpha value is -2.99. The maximum Gasteiger partial charge on any atom is 0.547 e. The van der Waals surface area contributed by atoms with Gasteiger partial charge in [-0.25, -0.2) is 9.48 Å². The normalized spacial score (nSPS) is 15.9. The zero-order chi connectivity index (χ0) is 20.3. The maximum absolute atomic E-state index is 12.4. The number of nitrogens with zero attached hydrogens (tertiary/aromatic N) is 5. The summed E-state index contributed by atoms with van der Waals surface area (Å²) in [6, 6.07) is 4.70. The molecule has 3 rings (SSSR count). The van der Waals surface area contributed by atoms with Gasteiger partial charge in [-0.2, -0.15) is 0 Å².